The number of hydrogen-bond donors (Lipinski definition) is 1. The smallest absolute Gasteiger partial charge is 0.340 e. The van der Waals surface area contributed by atoms with Crippen LogP contribution in [0.3, 0.4) is 0 Å². The molecule has 0 spiro atoms. The van der Waals surface area contributed by atoms with Crippen LogP contribution >= 0.6 is 11.3 Å². The SMILES string of the molecule is CCOC(=O)C(NC(=O)c1cc(C)nc2c1cnn2Cc1cccs1)C(=O)OCC. The summed E-state index contributed by atoms with van der Waals surface area (Å²) in [6, 6.07) is 3.98. The highest BCUT2D eigenvalue weighted by Gasteiger charge is 2.32. The first kappa shape index (κ1) is 21.4. The second kappa shape index (κ2) is 9.49. The van der Waals surface area contributed by atoms with Crippen molar-refractivity contribution in [2.24, 2.45) is 0 Å². The summed E-state index contributed by atoms with van der Waals surface area (Å²) in [5.74, 6) is -2.37. The molecule has 158 valence electrons. The van der Waals surface area contributed by atoms with E-state index in [-0.39, 0.29) is 18.8 Å². The van der Waals surface area contributed by atoms with Crippen molar-refractivity contribution >= 4 is 40.2 Å². The molecule has 3 aromatic rings. The third kappa shape index (κ3) is 4.65. The fourth-order valence-electron chi connectivity index (χ4n) is 2.90. The number of hydrogen-bond acceptors (Lipinski definition) is 8. The first-order valence-corrected chi connectivity index (χ1v) is 10.3. The number of aryl methyl sites for hydroxylation is 1. The molecule has 1 N–H and O–H groups in total. The van der Waals surface area contributed by atoms with E-state index in [2.05, 4.69) is 15.4 Å². The van der Waals surface area contributed by atoms with Crippen molar-refractivity contribution in [2.75, 3.05) is 13.2 Å². The Morgan fingerprint density at radius 3 is 2.50 bits per heavy atom. The minimum Gasteiger partial charge on any atom is -0.464 e. The van der Waals surface area contributed by atoms with Gasteiger partial charge in [-0.3, -0.25) is 4.79 Å². The molecule has 9 nitrogen and oxygen atoms in total. The van der Waals surface area contributed by atoms with Gasteiger partial charge in [-0.05, 0) is 38.3 Å². The molecule has 30 heavy (non-hydrogen) atoms. The summed E-state index contributed by atoms with van der Waals surface area (Å²) in [4.78, 5) is 42.9. The number of carbonyl (C=O) groups is 3. The van der Waals surface area contributed by atoms with E-state index in [1.165, 1.54) is 0 Å². The molecule has 0 unspecified atom stereocenters. The van der Waals surface area contributed by atoms with Crippen LogP contribution in [0.1, 0.15) is 34.8 Å². The molecule has 3 rings (SSSR count). The molecular formula is C20H22N4O5S. The molecule has 0 aromatic carbocycles. The van der Waals surface area contributed by atoms with E-state index in [4.69, 9.17) is 9.47 Å². The zero-order valence-corrected chi connectivity index (χ0v) is 17.7. The number of carbonyl (C=O) groups excluding carboxylic acids is 3. The van der Waals surface area contributed by atoms with Crippen molar-refractivity contribution in [3.63, 3.8) is 0 Å². The Morgan fingerprint density at radius 2 is 1.90 bits per heavy atom. The predicted octanol–water partition coefficient (Wildman–Crippen LogP) is 2.07. The topological polar surface area (TPSA) is 112 Å². The zero-order valence-electron chi connectivity index (χ0n) is 16.9. The molecule has 3 heterocycles. The summed E-state index contributed by atoms with van der Waals surface area (Å²) >= 11 is 1.60. The molecule has 0 bridgehead atoms. The minimum atomic E-state index is -1.55. The lowest BCUT2D eigenvalue weighted by atomic mass is 10.1. The van der Waals surface area contributed by atoms with E-state index in [0.717, 1.165) is 4.88 Å². The van der Waals surface area contributed by atoms with Crippen molar-refractivity contribution in [1.29, 1.82) is 0 Å². The molecule has 0 atom stereocenters. The van der Waals surface area contributed by atoms with Gasteiger partial charge >= 0.3 is 11.9 Å². The van der Waals surface area contributed by atoms with Crippen molar-refractivity contribution in [3.05, 3.63) is 45.9 Å². The van der Waals surface area contributed by atoms with Crippen LogP contribution < -0.4 is 5.32 Å². The van der Waals surface area contributed by atoms with Gasteiger partial charge in [0.25, 0.3) is 5.91 Å². The standard InChI is InChI=1S/C20H22N4O5S/c1-4-28-19(26)16(20(27)29-5-2)23-18(25)14-9-12(3)22-17-15(14)10-21-24(17)11-13-7-6-8-30-13/h6-10,16H,4-5,11H2,1-3H3,(H,23,25). The lowest BCUT2D eigenvalue weighted by molar-refractivity contribution is -0.157. The fourth-order valence-corrected chi connectivity index (χ4v) is 3.59. The van der Waals surface area contributed by atoms with Gasteiger partial charge in [-0.25, -0.2) is 19.3 Å². The number of rotatable bonds is 8. The largest absolute Gasteiger partial charge is 0.464 e. The Kier molecular flexibility index (Phi) is 6.78. The van der Waals surface area contributed by atoms with E-state index in [1.54, 1.807) is 49.1 Å². The van der Waals surface area contributed by atoms with Crippen LogP contribution in [0.4, 0.5) is 0 Å². The van der Waals surface area contributed by atoms with Crippen molar-refractivity contribution in [3.8, 4) is 0 Å². The fraction of sp³-hybridized carbons (Fsp3) is 0.350. The van der Waals surface area contributed by atoms with Gasteiger partial charge < -0.3 is 14.8 Å². The minimum absolute atomic E-state index is 0.0682. The maximum absolute atomic E-state index is 13.0. The summed E-state index contributed by atoms with van der Waals surface area (Å²) < 4.78 is 11.5. The number of pyridine rings is 1. The second-order valence-corrected chi connectivity index (χ2v) is 7.37. The van der Waals surface area contributed by atoms with Gasteiger partial charge in [-0.2, -0.15) is 5.10 Å². The van der Waals surface area contributed by atoms with Crippen LogP contribution in [0, 0.1) is 6.92 Å². The Balaban J connectivity index is 1.92. The number of ether oxygens (including phenoxy) is 2. The highest BCUT2D eigenvalue weighted by Crippen LogP contribution is 2.20. The van der Waals surface area contributed by atoms with E-state index >= 15 is 0 Å². The van der Waals surface area contributed by atoms with Crippen molar-refractivity contribution in [1.82, 2.24) is 20.1 Å². The normalized spacial score (nSPS) is 10.9. The summed E-state index contributed by atoms with van der Waals surface area (Å²) in [7, 11) is 0. The number of thiophene rings is 1. The molecule has 0 fully saturated rings. The van der Waals surface area contributed by atoms with E-state index in [1.807, 2.05) is 17.5 Å². The first-order valence-electron chi connectivity index (χ1n) is 9.44. The van der Waals surface area contributed by atoms with Crippen molar-refractivity contribution < 1.29 is 23.9 Å². The molecule has 10 heteroatoms. The molecule has 0 aliphatic heterocycles. The third-order valence-electron chi connectivity index (χ3n) is 4.19. The third-order valence-corrected chi connectivity index (χ3v) is 5.05. The van der Waals surface area contributed by atoms with Gasteiger partial charge in [-0.15, -0.1) is 11.3 Å². The molecule has 1 amide bonds. The Labute approximate surface area is 177 Å². The highest BCUT2D eigenvalue weighted by molar-refractivity contribution is 7.09. The van der Waals surface area contributed by atoms with Gasteiger partial charge in [0.1, 0.15) is 0 Å². The molecule has 0 aliphatic rings. The Morgan fingerprint density at radius 1 is 1.20 bits per heavy atom. The lowest BCUT2D eigenvalue weighted by Crippen LogP contribution is -2.48. The van der Waals surface area contributed by atoms with Crippen LogP contribution in [0.25, 0.3) is 11.0 Å². The van der Waals surface area contributed by atoms with E-state index in [0.29, 0.717) is 23.3 Å². The van der Waals surface area contributed by atoms with Crippen molar-refractivity contribution in [2.45, 2.75) is 33.4 Å². The van der Waals surface area contributed by atoms with E-state index in [9.17, 15) is 14.4 Å². The number of nitrogens with one attached hydrogen (secondary N) is 1. The van der Waals surface area contributed by atoms with Crippen LogP contribution in [-0.4, -0.2) is 51.9 Å². The Hall–Kier alpha value is -3.27. The van der Waals surface area contributed by atoms with E-state index < -0.39 is 23.9 Å². The number of nitrogens with zero attached hydrogens (tertiary/aromatic N) is 3. The average molecular weight is 430 g/mol. The van der Waals surface area contributed by atoms with Crippen LogP contribution in [0.2, 0.25) is 0 Å². The number of aromatic nitrogens is 3. The maximum atomic E-state index is 13.0. The molecule has 0 saturated heterocycles. The summed E-state index contributed by atoms with van der Waals surface area (Å²) in [5.41, 5.74) is 1.40. The maximum Gasteiger partial charge on any atom is 0.340 e. The van der Waals surface area contributed by atoms with Crippen LogP contribution in [0.15, 0.2) is 29.8 Å². The predicted molar refractivity (Wildman–Crippen MR) is 110 cm³/mol. The quantitative estimate of drug-likeness (QED) is 0.430. The highest BCUT2D eigenvalue weighted by atomic mass is 32.1. The lowest BCUT2D eigenvalue weighted by Gasteiger charge is -2.16. The monoisotopic (exact) mass is 430 g/mol. The summed E-state index contributed by atoms with van der Waals surface area (Å²) in [5, 5.41) is 9.28. The average Bonchev–Trinajstić information content (AvgIpc) is 3.36. The molecule has 0 radical (unpaired) electrons. The first-order chi connectivity index (χ1) is 14.4. The van der Waals surface area contributed by atoms with Gasteiger partial charge in [0.15, 0.2) is 5.65 Å². The molecule has 0 saturated carbocycles. The molecule has 3 aromatic heterocycles. The van der Waals surface area contributed by atoms with Gasteiger partial charge in [0, 0.05) is 10.6 Å². The number of esters is 2. The van der Waals surface area contributed by atoms with Gasteiger partial charge in [-0.1, -0.05) is 6.07 Å². The molecule has 0 aliphatic carbocycles. The van der Waals surface area contributed by atoms with Gasteiger partial charge in [0.05, 0.1) is 36.9 Å². The number of fused-ring (bicyclic) bond motifs is 1. The summed E-state index contributed by atoms with van der Waals surface area (Å²) in [6.07, 6.45) is 1.55. The molecular weight excluding hydrogens is 408 g/mol. The summed E-state index contributed by atoms with van der Waals surface area (Å²) in [6.45, 7) is 5.64. The van der Waals surface area contributed by atoms with Crippen LogP contribution in [0.5, 0.6) is 0 Å². The second-order valence-electron chi connectivity index (χ2n) is 6.34. The van der Waals surface area contributed by atoms with Crippen LogP contribution in [-0.2, 0) is 25.6 Å². The zero-order chi connectivity index (χ0) is 21.7. The van der Waals surface area contributed by atoms with Gasteiger partial charge in [0.2, 0.25) is 6.04 Å². The Bertz CT molecular complexity index is 1040. The number of amides is 1.